The van der Waals surface area contributed by atoms with E-state index >= 15 is 0 Å². The molecule has 11 nitrogen and oxygen atoms in total. The molecule has 0 bridgehead atoms. The van der Waals surface area contributed by atoms with E-state index < -0.39 is 42.0 Å². The average Bonchev–Trinajstić information content (AvgIpc) is 3.22. The zero-order valence-corrected chi connectivity index (χ0v) is 22.5. The van der Waals surface area contributed by atoms with E-state index in [1.807, 2.05) is 30.3 Å². The van der Waals surface area contributed by atoms with Crippen LogP contribution in [0.4, 0.5) is 11.8 Å². The van der Waals surface area contributed by atoms with Gasteiger partial charge < -0.3 is 29.4 Å². The van der Waals surface area contributed by atoms with E-state index in [4.69, 9.17) is 9.16 Å². The van der Waals surface area contributed by atoms with E-state index in [-0.39, 0.29) is 29.8 Å². The van der Waals surface area contributed by atoms with Crippen LogP contribution in [0.25, 0.3) is 6.08 Å². The molecule has 0 fully saturated rings. The van der Waals surface area contributed by atoms with E-state index in [9.17, 15) is 25.0 Å². The molecule has 12 heteroatoms. The van der Waals surface area contributed by atoms with Gasteiger partial charge in [0.25, 0.3) is 0 Å². The lowest BCUT2D eigenvalue weighted by Gasteiger charge is -2.42. The molecule has 1 atom stereocenters. The fraction of sp³-hybridized carbons (Fsp3) is 0.500. The molecule has 1 aromatic heterocycles. The molecule has 196 valence electrons. The van der Waals surface area contributed by atoms with Crippen LogP contribution in [0.5, 0.6) is 0 Å². The minimum absolute atomic E-state index is 0.00515. The van der Waals surface area contributed by atoms with Crippen LogP contribution >= 0.6 is 0 Å². The molecule has 36 heavy (non-hydrogen) atoms. The Bertz CT molecular complexity index is 1060. The summed E-state index contributed by atoms with van der Waals surface area (Å²) in [6.45, 7) is 12.4. The fourth-order valence-electron chi connectivity index (χ4n) is 4.77. The molecule has 2 rings (SSSR count). The van der Waals surface area contributed by atoms with Crippen LogP contribution in [0.15, 0.2) is 42.6 Å². The Kier molecular flexibility index (Phi) is 10.0. The number of hydrogen-bond acceptors (Lipinski definition) is 8. The number of hydrogen-bond donors (Lipinski definition) is 0. The lowest BCUT2D eigenvalue weighted by atomic mass is 10.2. The third kappa shape index (κ3) is 7.07. The molecule has 0 spiro atoms. The normalized spacial score (nSPS) is 13.0. The molecule has 1 heterocycles. The lowest BCUT2D eigenvalue weighted by Crippen LogP contribution is -2.49. The van der Waals surface area contributed by atoms with Crippen LogP contribution in [0, 0.1) is 20.2 Å². The standard InChI is InChI=1S/C24H34N4O7Si/c1-17(2)36(18(3)4,19(5)6)34-16-21(35-23(29)13-12-20-10-8-7-9-11-20)14-26-15-22(27(30)31)25-24(26)28(32)33/h7-13,15,17-19,21H,14,16H2,1-6H3/b13-12+. The first-order valence-electron chi connectivity index (χ1n) is 11.8. The fourth-order valence-corrected chi connectivity index (χ4v) is 10.2. The third-order valence-corrected chi connectivity index (χ3v) is 12.3. The number of ether oxygens (including phenoxy) is 1. The van der Waals surface area contributed by atoms with Crippen molar-refractivity contribution in [3.05, 3.63) is 68.4 Å². The van der Waals surface area contributed by atoms with Crippen molar-refractivity contribution in [2.75, 3.05) is 6.61 Å². The van der Waals surface area contributed by atoms with E-state index in [1.54, 1.807) is 6.08 Å². The average molecular weight is 519 g/mol. The van der Waals surface area contributed by atoms with Crippen LogP contribution in [-0.4, -0.2) is 46.4 Å². The number of esters is 1. The van der Waals surface area contributed by atoms with E-state index in [2.05, 4.69) is 46.5 Å². The van der Waals surface area contributed by atoms with Gasteiger partial charge in [0.15, 0.2) is 12.3 Å². The van der Waals surface area contributed by atoms with Crippen LogP contribution in [-0.2, 0) is 20.5 Å². The number of carbonyl (C=O) groups excluding carboxylic acids is 1. The van der Waals surface area contributed by atoms with E-state index in [0.717, 1.165) is 16.3 Å². The first-order valence-corrected chi connectivity index (χ1v) is 14.0. The summed E-state index contributed by atoms with van der Waals surface area (Å²) in [6.07, 6.45) is 2.90. The van der Waals surface area contributed by atoms with E-state index in [0.29, 0.717) is 0 Å². The SMILES string of the molecule is CC(C)[Si](OCC(Cn1cc([N+](=O)[O-])nc1[N+](=O)[O-])OC(=O)/C=C/c1ccccc1)(C(C)C)C(C)C. The van der Waals surface area contributed by atoms with E-state index in [1.165, 1.54) is 6.08 Å². The van der Waals surface area contributed by atoms with Crippen molar-refractivity contribution in [3.8, 4) is 0 Å². The summed E-state index contributed by atoms with van der Waals surface area (Å²) in [4.78, 5) is 37.1. The van der Waals surface area contributed by atoms with Crippen LogP contribution in [0.2, 0.25) is 16.6 Å². The summed E-state index contributed by atoms with van der Waals surface area (Å²) in [5, 5.41) is 22.6. The van der Waals surface area contributed by atoms with Gasteiger partial charge in [-0.05, 0) is 43.1 Å². The van der Waals surface area contributed by atoms with Crippen molar-refractivity contribution in [3.63, 3.8) is 0 Å². The molecule has 0 N–H and O–H groups in total. The van der Waals surface area contributed by atoms with Gasteiger partial charge in [-0.3, -0.25) is 0 Å². The predicted octanol–water partition coefficient (Wildman–Crippen LogP) is 5.52. The molecular weight excluding hydrogens is 484 g/mol. The summed E-state index contributed by atoms with van der Waals surface area (Å²) in [7, 11) is -2.35. The number of nitro groups is 2. The van der Waals surface area contributed by atoms with Gasteiger partial charge in [-0.25, -0.2) is 9.36 Å². The van der Waals surface area contributed by atoms with Crippen LogP contribution < -0.4 is 0 Å². The minimum Gasteiger partial charge on any atom is -0.453 e. The highest BCUT2D eigenvalue weighted by molar-refractivity contribution is 6.77. The maximum atomic E-state index is 12.7. The number of imidazole rings is 1. The summed E-state index contributed by atoms with van der Waals surface area (Å²) < 4.78 is 13.2. The van der Waals surface area contributed by atoms with Gasteiger partial charge in [0.2, 0.25) is 8.32 Å². The number of carbonyl (C=O) groups is 1. The molecule has 0 saturated carbocycles. The first-order chi connectivity index (χ1) is 16.9. The van der Waals surface area contributed by atoms with Crippen molar-refractivity contribution < 1.29 is 23.8 Å². The topological polar surface area (TPSA) is 140 Å². The summed E-state index contributed by atoms with van der Waals surface area (Å²) in [5.41, 5.74) is 1.58. The maximum Gasteiger partial charge on any atom is 0.439 e. The number of nitrogens with zero attached hydrogens (tertiary/aromatic N) is 4. The Hall–Kier alpha value is -3.38. The van der Waals surface area contributed by atoms with Crippen molar-refractivity contribution in [2.45, 2.75) is 70.8 Å². The molecule has 0 aliphatic heterocycles. The predicted molar refractivity (Wildman–Crippen MR) is 138 cm³/mol. The van der Waals surface area contributed by atoms with Crippen LogP contribution in [0.3, 0.4) is 0 Å². The second kappa shape index (κ2) is 12.5. The Labute approximate surface area is 211 Å². The summed E-state index contributed by atoms with van der Waals surface area (Å²) in [5.74, 6) is -2.02. The van der Waals surface area contributed by atoms with Gasteiger partial charge in [0.1, 0.15) is 6.54 Å². The summed E-state index contributed by atoms with van der Waals surface area (Å²) >= 11 is 0. The number of benzene rings is 1. The Morgan fingerprint density at radius 1 is 1.03 bits per heavy atom. The second-order valence-corrected chi connectivity index (χ2v) is 15.0. The molecule has 0 aliphatic rings. The first kappa shape index (κ1) is 28.9. The van der Waals surface area contributed by atoms with Crippen molar-refractivity contribution in [1.82, 2.24) is 9.55 Å². The van der Waals surface area contributed by atoms with Gasteiger partial charge in [-0.15, -0.1) is 0 Å². The van der Waals surface area contributed by atoms with Gasteiger partial charge in [-0.1, -0.05) is 71.9 Å². The maximum absolute atomic E-state index is 12.7. The molecule has 0 radical (unpaired) electrons. The molecule has 1 aromatic carbocycles. The van der Waals surface area contributed by atoms with Gasteiger partial charge in [0.05, 0.1) is 6.61 Å². The van der Waals surface area contributed by atoms with Crippen molar-refractivity contribution in [1.29, 1.82) is 0 Å². The Morgan fingerprint density at radius 3 is 2.11 bits per heavy atom. The Balaban J connectivity index is 2.35. The van der Waals surface area contributed by atoms with Crippen molar-refractivity contribution >= 4 is 32.1 Å². The zero-order valence-electron chi connectivity index (χ0n) is 21.5. The smallest absolute Gasteiger partial charge is 0.439 e. The van der Waals surface area contributed by atoms with Crippen molar-refractivity contribution in [2.24, 2.45) is 0 Å². The molecule has 1 unspecified atom stereocenters. The van der Waals surface area contributed by atoms with Crippen LogP contribution in [0.1, 0.15) is 47.1 Å². The highest BCUT2D eigenvalue weighted by atomic mass is 28.4. The monoisotopic (exact) mass is 518 g/mol. The van der Waals surface area contributed by atoms with Gasteiger partial charge in [-0.2, -0.15) is 0 Å². The highest BCUT2D eigenvalue weighted by Crippen LogP contribution is 2.42. The number of rotatable bonds is 13. The third-order valence-electron chi connectivity index (χ3n) is 6.21. The molecule has 2 aromatic rings. The lowest BCUT2D eigenvalue weighted by molar-refractivity contribution is -0.403. The van der Waals surface area contributed by atoms with Gasteiger partial charge in [0, 0.05) is 6.08 Å². The molecule has 0 saturated heterocycles. The molecular formula is C24H34N4O7Si. The number of aromatic nitrogens is 2. The minimum atomic E-state index is -2.35. The quantitative estimate of drug-likeness (QED) is 0.111. The zero-order chi connectivity index (χ0) is 27.0. The van der Waals surface area contributed by atoms with Gasteiger partial charge >= 0.3 is 17.7 Å². The largest absolute Gasteiger partial charge is 0.453 e. The second-order valence-electron chi connectivity index (χ2n) is 9.50. The highest BCUT2D eigenvalue weighted by Gasteiger charge is 2.45. The molecule has 0 aliphatic carbocycles. The Morgan fingerprint density at radius 2 is 1.61 bits per heavy atom. The summed E-state index contributed by atoms with van der Waals surface area (Å²) in [6, 6.07) is 9.17. The molecule has 0 amide bonds.